The number of para-hydroxylation sites is 1. The molecule has 0 saturated carbocycles. The van der Waals surface area contributed by atoms with Crippen molar-refractivity contribution in [2.75, 3.05) is 0 Å². The highest BCUT2D eigenvalue weighted by Crippen LogP contribution is 2.36. The fourth-order valence-electron chi connectivity index (χ4n) is 2.49. The summed E-state index contributed by atoms with van der Waals surface area (Å²) < 4.78 is 45.5. The molecule has 0 atom stereocenters. The summed E-state index contributed by atoms with van der Waals surface area (Å²) in [7, 11) is 0. The molecule has 1 amide bonds. The highest BCUT2D eigenvalue weighted by atomic mass is 19.4. The monoisotopic (exact) mass is 374 g/mol. The molecule has 0 radical (unpaired) electrons. The van der Waals surface area contributed by atoms with Crippen LogP contribution in [0.25, 0.3) is 11.1 Å². The number of aromatic amines is 1. The number of primary amides is 1. The highest BCUT2D eigenvalue weighted by molar-refractivity contribution is 5.94. The lowest BCUT2D eigenvalue weighted by Gasteiger charge is -2.14. The van der Waals surface area contributed by atoms with Crippen molar-refractivity contribution in [1.82, 2.24) is 4.98 Å². The molecule has 0 bridgehead atoms. The lowest BCUT2D eigenvalue weighted by Crippen LogP contribution is -2.27. The fraction of sp³-hybridized carbons (Fsp3) is 0.0526. The minimum absolute atomic E-state index is 0.140. The number of aromatic nitrogens is 1. The maximum absolute atomic E-state index is 13.3. The molecule has 3 N–H and O–H groups in total. The summed E-state index contributed by atoms with van der Waals surface area (Å²) in [5.41, 5.74) is 1.85. The zero-order valence-corrected chi connectivity index (χ0v) is 13.7. The minimum Gasteiger partial charge on any atom is -0.457 e. The van der Waals surface area contributed by atoms with Gasteiger partial charge < -0.3 is 15.5 Å². The third-order valence-electron chi connectivity index (χ3n) is 3.73. The Bertz CT molecular complexity index is 1030. The molecule has 0 aliphatic carbocycles. The number of alkyl halides is 3. The third-order valence-corrected chi connectivity index (χ3v) is 3.73. The predicted octanol–water partition coefficient (Wildman–Crippen LogP) is 3.95. The van der Waals surface area contributed by atoms with Crippen molar-refractivity contribution >= 4 is 5.91 Å². The molecular formula is C19H13F3N2O3. The van der Waals surface area contributed by atoms with Crippen LogP contribution in [0, 0.1) is 0 Å². The molecular weight excluding hydrogens is 361 g/mol. The summed E-state index contributed by atoms with van der Waals surface area (Å²) in [6, 6.07) is 15.5. The first-order chi connectivity index (χ1) is 12.8. The number of carbonyl (C=O) groups excluding carboxylic acids is 1. The average Bonchev–Trinajstić information content (AvgIpc) is 2.62. The summed E-state index contributed by atoms with van der Waals surface area (Å²) in [6.07, 6.45) is -4.82. The van der Waals surface area contributed by atoms with Crippen LogP contribution < -0.4 is 16.0 Å². The first kappa shape index (κ1) is 18.2. The Kier molecular flexibility index (Phi) is 4.72. The van der Waals surface area contributed by atoms with E-state index in [4.69, 9.17) is 10.5 Å². The topological polar surface area (TPSA) is 85.2 Å². The molecule has 27 heavy (non-hydrogen) atoms. The van der Waals surface area contributed by atoms with Crippen molar-refractivity contribution in [2.24, 2.45) is 5.73 Å². The number of benzene rings is 2. The molecule has 1 aromatic heterocycles. The number of carbonyl (C=O) groups is 1. The number of amides is 1. The molecule has 0 spiro atoms. The molecule has 0 aliphatic heterocycles. The van der Waals surface area contributed by atoms with Gasteiger partial charge in [-0.2, -0.15) is 13.2 Å². The Labute approximate surface area is 151 Å². The van der Waals surface area contributed by atoms with E-state index in [2.05, 4.69) is 0 Å². The Morgan fingerprint density at radius 2 is 1.56 bits per heavy atom. The Balaban J connectivity index is 2.03. The summed E-state index contributed by atoms with van der Waals surface area (Å²) in [4.78, 5) is 24.7. The molecule has 3 aromatic rings. The zero-order chi connectivity index (χ0) is 19.6. The summed E-state index contributed by atoms with van der Waals surface area (Å²) in [5.74, 6) is -0.130. The maximum Gasteiger partial charge on any atom is 0.431 e. The second-order valence-corrected chi connectivity index (χ2v) is 5.60. The van der Waals surface area contributed by atoms with Crippen molar-refractivity contribution < 1.29 is 22.7 Å². The lowest BCUT2D eigenvalue weighted by molar-refractivity contribution is -0.140. The van der Waals surface area contributed by atoms with Gasteiger partial charge in [-0.15, -0.1) is 0 Å². The van der Waals surface area contributed by atoms with E-state index in [9.17, 15) is 22.8 Å². The van der Waals surface area contributed by atoms with Gasteiger partial charge in [-0.05, 0) is 35.9 Å². The number of hydrogen-bond donors (Lipinski definition) is 2. The predicted molar refractivity (Wildman–Crippen MR) is 92.5 cm³/mol. The van der Waals surface area contributed by atoms with Crippen LogP contribution in [-0.4, -0.2) is 10.9 Å². The van der Waals surface area contributed by atoms with Crippen LogP contribution in [0.3, 0.4) is 0 Å². The Morgan fingerprint density at radius 3 is 2.11 bits per heavy atom. The minimum atomic E-state index is -4.82. The van der Waals surface area contributed by atoms with Gasteiger partial charge in [0, 0.05) is 5.56 Å². The van der Waals surface area contributed by atoms with E-state index in [1.54, 1.807) is 29.2 Å². The van der Waals surface area contributed by atoms with Gasteiger partial charge in [0.15, 0.2) is 0 Å². The SMILES string of the molecule is NC(=O)c1cc(-c2ccc(Oc3ccccc3)cc2)c(C(F)(F)F)[nH]c1=O. The van der Waals surface area contributed by atoms with E-state index in [1.807, 2.05) is 6.07 Å². The Morgan fingerprint density at radius 1 is 0.963 bits per heavy atom. The van der Waals surface area contributed by atoms with E-state index in [0.717, 1.165) is 6.07 Å². The van der Waals surface area contributed by atoms with Crippen LogP contribution in [0.2, 0.25) is 0 Å². The average molecular weight is 374 g/mol. The zero-order valence-electron chi connectivity index (χ0n) is 13.7. The third kappa shape index (κ3) is 4.00. The number of ether oxygens (including phenoxy) is 1. The van der Waals surface area contributed by atoms with Crippen LogP contribution in [0.1, 0.15) is 16.1 Å². The number of nitrogens with one attached hydrogen (secondary N) is 1. The number of halogens is 3. The van der Waals surface area contributed by atoms with Gasteiger partial charge in [0.1, 0.15) is 22.8 Å². The summed E-state index contributed by atoms with van der Waals surface area (Å²) in [6.45, 7) is 0. The number of hydrogen-bond acceptors (Lipinski definition) is 3. The molecule has 0 fully saturated rings. The number of rotatable bonds is 4. The molecule has 138 valence electrons. The lowest BCUT2D eigenvalue weighted by atomic mass is 10.0. The van der Waals surface area contributed by atoms with E-state index < -0.39 is 28.9 Å². The van der Waals surface area contributed by atoms with Gasteiger partial charge in [0.05, 0.1) is 0 Å². The molecule has 0 saturated heterocycles. The van der Waals surface area contributed by atoms with Gasteiger partial charge in [-0.3, -0.25) is 9.59 Å². The van der Waals surface area contributed by atoms with Gasteiger partial charge in [-0.25, -0.2) is 0 Å². The summed E-state index contributed by atoms with van der Waals surface area (Å²) in [5, 5.41) is 0. The van der Waals surface area contributed by atoms with Gasteiger partial charge in [-0.1, -0.05) is 30.3 Å². The largest absolute Gasteiger partial charge is 0.457 e. The van der Waals surface area contributed by atoms with Gasteiger partial charge in [0.25, 0.3) is 11.5 Å². The smallest absolute Gasteiger partial charge is 0.431 e. The van der Waals surface area contributed by atoms with Crippen molar-refractivity contribution in [3.8, 4) is 22.6 Å². The molecule has 0 unspecified atom stereocenters. The van der Waals surface area contributed by atoms with Crippen molar-refractivity contribution in [1.29, 1.82) is 0 Å². The molecule has 8 heteroatoms. The van der Waals surface area contributed by atoms with Gasteiger partial charge in [0.2, 0.25) is 0 Å². The normalized spacial score (nSPS) is 11.2. The maximum atomic E-state index is 13.3. The highest BCUT2D eigenvalue weighted by Gasteiger charge is 2.36. The number of pyridine rings is 1. The van der Waals surface area contributed by atoms with Crippen molar-refractivity contribution in [3.63, 3.8) is 0 Å². The second-order valence-electron chi connectivity index (χ2n) is 5.60. The van der Waals surface area contributed by atoms with Crippen molar-refractivity contribution in [2.45, 2.75) is 6.18 Å². The molecule has 3 rings (SSSR count). The van der Waals surface area contributed by atoms with Crippen LogP contribution >= 0.6 is 0 Å². The number of nitrogens with two attached hydrogens (primary N) is 1. The van der Waals surface area contributed by atoms with E-state index >= 15 is 0 Å². The standard InChI is InChI=1S/C19H13F3N2O3/c20-19(21,22)16-14(10-15(17(23)25)18(26)24-16)11-6-8-13(9-7-11)27-12-4-2-1-3-5-12/h1-10H,(H2,23,25)(H,24,26). The number of H-pyrrole nitrogens is 1. The first-order valence-corrected chi connectivity index (χ1v) is 7.73. The van der Waals surface area contributed by atoms with E-state index in [0.29, 0.717) is 11.5 Å². The van der Waals surface area contributed by atoms with Crippen LogP contribution in [0.5, 0.6) is 11.5 Å². The molecule has 1 heterocycles. The molecule has 5 nitrogen and oxygen atoms in total. The van der Waals surface area contributed by atoms with E-state index in [1.165, 1.54) is 24.3 Å². The quantitative estimate of drug-likeness (QED) is 0.725. The van der Waals surface area contributed by atoms with E-state index in [-0.39, 0.29) is 11.1 Å². The summed E-state index contributed by atoms with van der Waals surface area (Å²) >= 11 is 0. The van der Waals surface area contributed by atoms with Crippen LogP contribution in [-0.2, 0) is 6.18 Å². The van der Waals surface area contributed by atoms with Gasteiger partial charge >= 0.3 is 6.18 Å². The fourth-order valence-corrected chi connectivity index (χ4v) is 2.49. The molecule has 0 aliphatic rings. The van der Waals surface area contributed by atoms with Crippen LogP contribution in [0.4, 0.5) is 13.2 Å². The Hall–Kier alpha value is -3.55. The first-order valence-electron chi connectivity index (χ1n) is 7.73. The van der Waals surface area contributed by atoms with Crippen LogP contribution in [0.15, 0.2) is 65.5 Å². The molecule has 2 aromatic carbocycles. The van der Waals surface area contributed by atoms with Crippen molar-refractivity contribution in [3.05, 3.63) is 82.3 Å². The second kappa shape index (κ2) is 6.99.